The fourth-order valence-corrected chi connectivity index (χ4v) is 2.30. The van der Waals surface area contributed by atoms with Crippen LogP contribution in [0.3, 0.4) is 0 Å². The molecule has 7 nitrogen and oxygen atoms in total. The molecule has 0 aromatic carbocycles. The Bertz CT molecular complexity index is 462. The van der Waals surface area contributed by atoms with Gasteiger partial charge in [0, 0.05) is 30.9 Å². The van der Waals surface area contributed by atoms with E-state index < -0.39 is 0 Å². The van der Waals surface area contributed by atoms with E-state index in [1.807, 2.05) is 13.0 Å². The zero-order chi connectivity index (χ0) is 13.8. The maximum absolute atomic E-state index is 12.1. The first-order chi connectivity index (χ1) is 9.11. The summed E-state index contributed by atoms with van der Waals surface area (Å²) in [5.41, 5.74) is 3.13. The van der Waals surface area contributed by atoms with E-state index in [0.29, 0.717) is 25.9 Å². The molecule has 1 aliphatic heterocycles. The number of likely N-dealkylation sites (tertiary alicyclic amines) is 1. The predicted molar refractivity (Wildman–Crippen MR) is 68.6 cm³/mol. The lowest BCUT2D eigenvalue weighted by Crippen LogP contribution is -2.45. The van der Waals surface area contributed by atoms with Crippen LogP contribution in [0.4, 0.5) is 0 Å². The summed E-state index contributed by atoms with van der Waals surface area (Å²) < 4.78 is 1.68. The van der Waals surface area contributed by atoms with Gasteiger partial charge in [-0.15, -0.1) is 0 Å². The summed E-state index contributed by atoms with van der Waals surface area (Å²) in [6, 6.07) is 1.87. The fourth-order valence-electron chi connectivity index (χ4n) is 2.30. The van der Waals surface area contributed by atoms with E-state index in [1.54, 1.807) is 15.8 Å². The van der Waals surface area contributed by atoms with E-state index in [0.717, 1.165) is 5.69 Å². The average Bonchev–Trinajstić information content (AvgIpc) is 2.83. The Morgan fingerprint density at radius 3 is 2.68 bits per heavy atom. The maximum Gasteiger partial charge on any atom is 0.244 e. The minimum atomic E-state index is -0.144. The van der Waals surface area contributed by atoms with Crippen LogP contribution >= 0.6 is 0 Å². The van der Waals surface area contributed by atoms with E-state index in [2.05, 4.69) is 10.5 Å². The van der Waals surface area contributed by atoms with E-state index in [9.17, 15) is 9.59 Å². The van der Waals surface area contributed by atoms with Crippen molar-refractivity contribution < 1.29 is 9.59 Å². The molecular weight excluding hydrogens is 246 g/mol. The number of rotatable bonds is 3. The first-order valence-corrected chi connectivity index (χ1v) is 6.38. The van der Waals surface area contributed by atoms with Gasteiger partial charge in [-0.05, 0) is 25.8 Å². The number of aryl methyl sites for hydroxylation is 1. The second-order valence-electron chi connectivity index (χ2n) is 4.79. The third kappa shape index (κ3) is 3.11. The molecule has 3 N–H and O–H groups in total. The number of nitrogens with one attached hydrogen (secondary N) is 1. The van der Waals surface area contributed by atoms with Gasteiger partial charge in [0.25, 0.3) is 0 Å². The third-order valence-corrected chi connectivity index (χ3v) is 3.57. The number of amides is 2. The Labute approximate surface area is 111 Å². The van der Waals surface area contributed by atoms with Crippen LogP contribution in [0.1, 0.15) is 18.5 Å². The Balaban J connectivity index is 1.86. The molecule has 1 aliphatic rings. The summed E-state index contributed by atoms with van der Waals surface area (Å²) in [6.45, 7) is 3.36. The molecule has 2 heterocycles. The molecule has 0 spiro atoms. The summed E-state index contributed by atoms with van der Waals surface area (Å²) in [5, 5.41) is 4.10. The van der Waals surface area contributed by atoms with Gasteiger partial charge in [-0.1, -0.05) is 0 Å². The molecule has 1 aromatic rings. The quantitative estimate of drug-likeness (QED) is 0.434. The Kier molecular flexibility index (Phi) is 4.16. The smallest absolute Gasteiger partial charge is 0.244 e. The second-order valence-corrected chi connectivity index (χ2v) is 4.79. The van der Waals surface area contributed by atoms with Crippen LogP contribution in [0.2, 0.25) is 0 Å². The highest BCUT2D eigenvalue weighted by Crippen LogP contribution is 2.17. The topological polar surface area (TPSA) is 93.2 Å². The van der Waals surface area contributed by atoms with Crippen LogP contribution in [0.5, 0.6) is 0 Å². The molecule has 104 valence electrons. The van der Waals surface area contributed by atoms with Gasteiger partial charge in [0.15, 0.2) is 0 Å². The molecule has 1 saturated heterocycles. The molecule has 1 aromatic heterocycles. The fraction of sp³-hybridized carbons (Fsp3) is 0.583. The van der Waals surface area contributed by atoms with Crippen LogP contribution in [0, 0.1) is 12.8 Å². The molecule has 1 fully saturated rings. The van der Waals surface area contributed by atoms with Crippen molar-refractivity contribution >= 4 is 11.8 Å². The third-order valence-electron chi connectivity index (χ3n) is 3.57. The van der Waals surface area contributed by atoms with Crippen molar-refractivity contribution in [1.29, 1.82) is 0 Å². The normalized spacial score (nSPS) is 16.4. The first kappa shape index (κ1) is 13.5. The van der Waals surface area contributed by atoms with Crippen LogP contribution in [-0.4, -0.2) is 39.6 Å². The molecule has 0 radical (unpaired) electrons. The van der Waals surface area contributed by atoms with Gasteiger partial charge >= 0.3 is 0 Å². The molecule has 0 unspecified atom stereocenters. The lowest BCUT2D eigenvalue weighted by atomic mass is 9.96. The molecule has 2 amide bonds. The maximum atomic E-state index is 12.1. The molecule has 0 bridgehead atoms. The number of hydrogen-bond donors (Lipinski definition) is 2. The van der Waals surface area contributed by atoms with Gasteiger partial charge in [0.05, 0.1) is 0 Å². The zero-order valence-corrected chi connectivity index (χ0v) is 11.0. The van der Waals surface area contributed by atoms with Gasteiger partial charge in [0.1, 0.15) is 6.54 Å². The second kappa shape index (κ2) is 5.83. The monoisotopic (exact) mass is 265 g/mol. The van der Waals surface area contributed by atoms with Crippen molar-refractivity contribution in [3.05, 3.63) is 18.0 Å². The largest absolute Gasteiger partial charge is 0.341 e. The van der Waals surface area contributed by atoms with Crippen LogP contribution in [-0.2, 0) is 16.1 Å². The SMILES string of the molecule is Cc1ccnn1CC(=O)N1CCC(C(=O)NN)CC1. The summed E-state index contributed by atoms with van der Waals surface area (Å²) in [4.78, 5) is 25.3. The highest BCUT2D eigenvalue weighted by Gasteiger charge is 2.27. The molecule has 7 heteroatoms. The van der Waals surface area contributed by atoms with Crippen molar-refractivity contribution in [2.45, 2.75) is 26.3 Å². The lowest BCUT2D eigenvalue weighted by molar-refractivity contribution is -0.136. The summed E-state index contributed by atoms with van der Waals surface area (Å²) in [5.74, 6) is 4.93. The molecule has 0 saturated carbocycles. The predicted octanol–water partition coefficient (Wildman–Crippen LogP) is -0.580. The van der Waals surface area contributed by atoms with Crippen molar-refractivity contribution in [1.82, 2.24) is 20.1 Å². The summed E-state index contributed by atoms with van der Waals surface area (Å²) in [7, 11) is 0. The van der Waals surface area contributed by atoms with Crippen molar-refractivity contribution in [2.75, 3.05) is 13.1 Å². The van der Waals surface area contributed by atoms with Gasteiger partial charge in [-0.3, -0.25) is 19.7 Å². The van der Waals surface area contributed by atoms with E-state index >= 15 is 0 Å². The summed E-state index contributed by atoms with van der Waals surface area (Å²) in [6.07, 6.45) is 3.00. The summed E-state index contributed by atoms with van der Waals surface area (Å²) >= 11 is 0. The number of piperidine rings is 1. The molecule has 0 aliphatic carbocycles. The highest BCUT2D eigenvalue weighted by atomic mass is 16.2. The molecule has 0 atom stereocenters. The Morgan fingerprint density at radius 2 is 2.16 bits per heavy atom. The van der Waals surface area contributed by atoms with Gasteiger partial charge in [-0.25, -0.2) is 5.84 Å². The minimum absolute atomic E-state index is 0.0402. The van der Waals surface area contributed by atoms with Crippen LogP contribution in [0.25, 0.3) is 0 Å². The van der Waals surface area contributed by atoms with E-state index in [-0.39, 0.29) is 24.3 Å². The number of hydrogen-bond acceptors (Lipinski definition) is 4. The van der Waals surface area contributed by atoms with Crippen LogP contribution < -0.4 is 11.3 Å². The number of aromatic nitrogens is 2. The average molecular weight is 265 g/mol. The lowest BCUT2D eigenvalue weighted by Gasteiger charge is -2.31. The van der Waals surface area contributed by atoms with E-state index in [1.165, 1.54) is 0 Å². The van der Waals surface area contributed by atoms with Crippen LogP contribution in [0.15, 0.2) is 12.3 Å². The van der Waals surface area contributed by atoms with Crippen molar-refractivity contribution in [3.63, 3.8) is 0 Å². The number of nitrogens with zero attached hydrogens (tertiary/aromatic N) is 3. The van der Waals surface area contributed by atoms with Crippen molar-refractivity contribution in [3.8, 4) is 0 Å². The van der Waals surface area contributed by atoms with Gasteiger partial charge < -0.3 is 4.90 Å². The van der Waals surface area contributed by atoms with Gasteiger partial charge in [-0.2, -0.15) is 5.10 Å². The number of carbonyl (C=O) groups is 2. The molecular formula is C12H19N5O2. The number of hydrazine groups is 1. The molecule has 2 rings (SSSR count). The van der Waals surface area contributed by atoms with E-state index in [4.69, 9.17) is 5.84 Å². The number of nitrogens with two attached hydrogens (primary N) is 1. The zero-order valence-electron chi connectivity index (χ0n) is 11.0. The van der Waals surface area contributed by atoms with Crippen molar-refractivity contribution in [2.24, 2.45) is 11.8 Å². The minimum Gasteiger partial charge on any atom is -0.341 e. The highest BCUT2D eigenvalue weighted by molar-refractivity contribution is 5.79. The number of carbonyl (C=O) groups excluding carboxylic acids is 2. The standard InChI is InChI=1S/C12H19N5O2/c1-9-2-5-14-17(9)8-11(18)16-6-3-10(4-7-16)12(19)15-13/h2,5,10H,3-4,6-8,13H2,1H3,(H,15,19). The molecule has 19 heavy (non-hydrogen) atoms. The Hall–Kier alpha value is -1.89. The first-order valence-electron chi connectivity index (χ1n) is 6.38. The Morgan fingerprint density at radius 1 is 1.47 bits per heavy atom. The van der Waals surface area contributed by atoms with Gasteiger partial charge in [0.2, 0.25) is 11.8 Å².